The summed E-state index contributed by atoms with van der Waals surface area (Å²) in [4.78, 5) is 29.8. The standard InChI is InChI=1S/C25H12Br2N6/c1-11-2-5-14-17(8-11)31-23-20(28-14)24-22(30-16-7-4-13(27)10-19(16)32-24)25-21(23)29-15-6-3-12(26)9-18(15)33-25/h2-10H,1H3. The first-order valence-electron chi connectivity index (χ1n) is 10.3. The van der Waals surface area contributed by atoms with Crippen LogP contribution in [-0.2, 0) is 0 Å². The first-order chi connectivity index (χ1) is 16.0. The molecule has 0 N–H and O–H groups in total. The highest BCUT2D eigenvalue weighted by Crippen LogP contribution is 2.33. The number of benzene rings is 4. The van der Waals surface area contributed by atoms with Gasteiger partial charge in [-0.3, -0.25) is 0 Å². The second-order valence-corrected chi connectivity index (χ2v) is 9.85. The number of hydrogen-bond acceptors (Lipinski definition) is 6. The normalized spacial score (nSPS) is 12.1. The molecule has 0 saturated carbocycles. The van der Waals surface area contributed by atoms with E-state index in [-0.39, 0.29) is 0 Å². The van der Waals surface area contributed by atoms with Gasteiger partial charge in [-0.05, 0) is 61.0 Å². The first kappa shape index (κ1) is 19.1. The molecule has 0 saturated heterocycles. The zero-order valence-corrected chi connectivity index (χ0v) is 20.3. The molecule has 0 aliphatic rings. The Balaban J connectivity index is 1.78. The number of fused-ring (bicyclic) bond motifs is 9. The van der Waals surface area contributed by atoms with Crippen molar-refractivity contribution in [2.75, 3.05) is 0 Å². The molecule has 0 unspecified atom stereocenters. The fourth-order valence-corrected chi connectivity index (χ4v) is 4.91. The molecule has 0 amide bonds. The average Bonchev–Trinajstić information content (AvgIpc) is 2.81. The molecule has 7 rings (SSSR count). The Bertz CT molecular complexity index is 1710. The van der Waals surface area contributed by atoms with Crippen LogP contribution in [0.5, 0.6) is 0 Å². The van der Waals surface area contributed by atoms with E-state index in [4.69, 9.17) is 29.9 Å². The molecule has 3 aromatic heterocycles. The van der Waals surface area contributed by atoms with E-state index in [0.717, 1.165) is 47.6 Å². The summed E-state index contributed by atoms with van der Waals surface area (Å²) in [6.07, 6.45) is 0. The van der Waals surface area contributed by atoms with E-state index >= 15 is 0 Å². The molecule has 0 fully saturated rings. The van der Waals surface area contributed by atoms with E-state index in [1.54, 1.807) is 0 Å². The van der Waals surface area contributed by atoms with Gasteiger partial charge in [0.25, 0.3) is 0 Å². The van der Waals surface area contributed by atoms with E-state index in [1.165, 1.54) is 0 Å². The summed E-state index contributed by atoms with van der Waals surface area (Å²) < 4.78 is 1.88. The number of hydrogen-bond donors (Lipinski definition) is 0. The van der Waals surface area contributed by atoms with Crippen molar-refractivity contribution in [2.45, 2.75) is 6.92 Å². The molecule has 7 aromatic rings. The Morgan fingerprint density at radius 1 is 0.424 bits per heavy atom. The van der Waals surface area contributed by atoms with Crippen molar-refractivity contribution in [1.29, 1.82) is 0 Å². The maximum absolute atomic E-state index is 4.99. The van der Waals surface area contributed by atoms with E-state index in [2.05, 4.69) is 31.9 Å². The van der Waals surface area contributed by atoms with Crippen LogP contribution in [0.4, 0.5) is 0 Å². The third kappa shape index (κ3) is 2.91. The minimum atomic E-state index is 0.668. The number of aryl methyl sites for hydroxylation is 1. The number of rotatable bonds is 0. The van der Waals surface area contributed by atoms with Gasteiger partial charge in [-0.2, -0.15) is 0 Å². The van der Waals surface area contributed by atoms with Crippen molar-refractivity contribution < 1.29 is 0 Å². The highest BCUT2D eigenvalue weighted by atomic mass is 79.9. The number of nitrogens with zero attached hydrogens (tertiary/aromatic N) is 6. The summed E-state index contributed by atoms with van der Waals surface area (Å²) in [6.45, 7) is 2.05. The molecule has 0 aliphatic carbocycles. The maximum atomic E-state index is 4.99. The summed E-state index contributed by atoms with van der Waals surface area (Å²) in [6, 6.07) is 17.8. The summed E-state index contributed by atoms with van der Waals surface area (Å²) in [5.74, 6) is 0. The Hall–Kier alpha value is -3.36. The molecule has 8 heteroatoms. The molecule has 3 heterocycles. The van der Waals surface area contributed by atoms with Crippen LogP contribution in [0.25, 0.3) is 66.2 Å². The Morgan fingerprint density at radius 2 is 0.758 bits per heavy atom. The Labute approximate surface area is 203 Å². The minimum absolute atomic E-state index is 0.668. The molecule has 0 aliphatic heterocycles. The maximum Gasteiger partial charge on any atom is 0.120 e. The molecule has 0 atom stereocenters. The van der Waals surface area contributed by atoms with Crippen LogP contribution in [0.2, 0.25) is 0 Å². The van der Waals surface area contributed by atoms with Crippen LogP contribution in [0.3, 0.4) is 0 Å². The van der Waals surface area contributed by atoms with Crippen LogP contribution in [0, 0.1) is 6.92 Å². The van der Waals surface area contributed by atoms with Gasteiger partial charge in [-0.15, -0.1) is 0 Å². The smallest absolute Gasteiger partial charge is 0.120 e. The summed E-state index contributed by atoms with van der Waals surface area (Å²) in [5, 5.41) is 0. The quantitative estimate of drug-likeness (QED) is 0.151. The highest BCUT2D eigenvalue weighted by molar-refractivity contribution is 9.10. The minimum Gasteiger partial charge on any atom is -0.242 e. The average molecular weight is 556 g/mol. The fourth-order valence-electron chi connectivity index (χ4n) is 4.21. The van der Waals surface area contributed by atoms with Gasteiger partial charge in [0.1, 0.15) is 33.1 Å². The monoisotopic (exact) mass is 554 g/mol. The summed E-state index contributed by atoms with van der Waals surface area (Å²) >= 11 is 7.07. The van der Waals surface area contributed by atoms with Crippen LogP contribution in [-0.4, -0.2) is 29.9 Å². The van der Waals surface area contributed by atoms with Gasteiger partial charge in [-0.25, -0.2) is 29.9 Å². The van der Waals surface area contributed by atoms with Crippen molar-refractivity contribution >= 4 is 98.1 Å². The van der Waals surface area contributed by atoms with Crippen molar-refractivity contribution in [3.05, 3.63) is 69.1 Å². The zero-order valence-electron chi connectivity index (χ0n) is 17.1. The molecule has 33 heavy (non-hydrogen) atoms. The van der Waals surface area contributed by atoms with Gasteiger partial charge in [-0.1, -0.05) is 37.9 Å². The van der Waals surface area contributed by atoms with E-state index in [9.17, 15) is 0 Å². The predicted octanol–water partition coefficient (Wildman–Crippen LogP) is 6.81. The van der Waals surface area contributed by atoms with Crippen LogP contribution in [0.15, 0.2) is 63.5 Å². The van der Waals surface area contributed by atoms with E-state index < -0.39 is 0 Å². The Kier molecular flexibility index (Phi) is 3.96. The van der Waals surface area contributed by atoms with Gasteiger partial charge in [0, 0.05) is 8.95 Å². The van der Waals surface area contributed by atoms with Crippen molar-refractivity contribution in [3.8, 4) is 0 Å². The van der Waals surface area contributed by atoms with Crippen molar-refractivity contribution in [1.82, 2.24) is 29.9 Å². The van der Waals surface area contributed by atoms with Crippen LogP contribution >= 0.6 is 31.9 Å². The summed E-state index contributed by atoms with van der Waals surface area (Å²) in [5.41, 5.74) is 9.91. The fraction of sp³-hybridized carbons (Fsp3) is 0.0400. The van der Waals surface area contributed by atoms with E-state index in [0.29, 0.717) is 33.1 Å². The molecule has 0 spiro atoms. The largest absolute Gasteiger partial charge is 0.242 e. The SMILES string of the molecule is Cc1ccc2nc3c(nc2c1)c1nc2ccc(Br)cc2nc1c1nc2ccc(Br)cc2nc31. The first-order valence-corrected chi connectivity index (χ1v) is 11.9. The lowest BCUT2D eigenvalue weighted by Crippen LogP contribution is -1.99. The third-order valence-electron chi connectivity index (χ3n) is 5.75. The van der Waals surface area contributed by atoms with Gasteiger partial charge in [0.2, 0.25) is 0 Å². The molecule has 0 bridgehead atoms. The van der Waals surface area contributed by atoms with Crippen LogP contribution in [0.1, 0.15) is 5.56 Å². The molecule has 0 radical (unpaired) electrons. The molecule has 4 aromatic carbocycles. The van der Waals surface area contributed by atoms with Gasteiger partial charge >= 0.3 is 0 Å². The topological polar surface area (TPSA) is 77.3 Å². The van der Waals surface area contributed by atoms with Gasteiger partial charge in [0.05, 0.1) is 33.1 Å². The van der Waals surface area contributed by atoms with Crippen molar-refractivity contribution in [2.24, 2.45) is 0 Å². The lowest BCUT2D eigenvalue weighted by molar-refractivity contribution is 1.33. The molecular formula is C25H12Br2N6. The zero-order chi connectivity index (χ0) is 22.3. The molecule has 156 valence electrons. The third-order valence-corrected chi connectivity index (χ3v) is 6.73. The number of aromatic nitrogens is 6. The molecular weight excluding hydrogens is 544 g/mol. The second kappa shape index (κ2) is 6.82. The lowest BCUT2D eigenvalue weighted by Gasteiger charge is -2.10. The number of halogens is 2. The second-order valence-electron chi connectivity index (χ2n) is 8.02. The lowest BCUT2D eigenvalue weighted by atomic mass is 10.1. The van der Waals surface area contributed by atoms with Gasteiger partial charge < -0.3 is 0 Å². The predicted molar refractivity (Wildman–Crippen MR) is 138 cm³/mol. The highest BCUT2D eigenvalue weighted by Gasteiger charge is 2.19. The molecule has 6 nitrogen and oxygen atoms in total. The Morgan fingerprint density at radius 3 is 1.18 bits per heavy atom. The van der Waals surface area contributed by atoms with E-state index in [1.807, 2.05) is 61.5 Å². The van der Waals surface area contributed by atoms with Gasteiger partial charge in [0.15, 0.2) is 0 Å². The van der Waals surface area contributed by atoms with Crippen LogP contribution < -0.4 is 0 Å². The van der Waals surface area contributed by atoms with Crippen molar-refractivity contribution in [3.63, 3.8) is 0 Å². The summed E-state index contributed by atoms with van der Waals surface area (Å²) in [7, 11) is 0.